The van der Waals surface area contributed by atoms with Crippen molar-refractivity contribution >= 4 is 35.6 Å². The van der Waals surface area contributed by atoms with Crippen molar-refractivity contribution in [1.82, 2.24) is 21.3 Å². The van der Waals surface area contributed by atoms with Gasteiger partial charge in [0.15, 0.2) is 0 Å². The standard InChI is InChI=1S/C29H46N4O8/c1-8-40-22(36)13-11-20(34)30-16-10-15-29(6,7)25-27(39)32-24(26(38)33-25)19(3)17-28(4,5)18-31-21(35)12-14-23(37)41-9-2/h11-14,19,24-25H,8-10,15-18H2,1-7H3,(H,30,34)(H,31,35)(H,32,39)(H,33,38)/b13-11+,14-12+. The minimum atomic E-state index is -0.739. The number of ether oxygens (including phenoxy) is 2. The molecule has 4 N–H and O–H groups in total. The van der Waals surface area contributed by atoms with Crippen molar-refractivity contribution in [3.8, 4) is 0 Å². The Bertz CT molecular complexity index is 1020. The lowest BCUT2D eigenvalue weighted by molar-refractivity contribution is -0.141. The van der Waals surface area contributed by atoms with E-state index in [4.69, 9.17) is 9.47 Å². The molecule has 0 saturated carbocycles. The summed E-state index contributed by atoms with van der Waals surface area (Å²) in [6, 6.07) is -1.46. The smallest absolute Gasteiger partial charge is 0.330 e. The first-order chi connectivity index (χ1) is 19.1. The zero-order chi connectivity index (χ0) is 31.2. The first-order valence-corrected chi connectivity index (χ1v) is 14.0. The Labute approximate surface area is 242 Å². The molecule has 0 bridgehead atoms. The Morgan fingerprint density at radius 3 is 1.93 bits per heavy atom. The van der Waals surface area contributed by atoms with Crippen LogP contribution in [0.4, 0.5) is 0 Å². The van der Waals surface area contributed by atoms with Gasteiger partial charge in [-0.25, -0.2) is 9.59 Å². The Balaban J connectivity index is 2.58. The van der Waals surface area contributed by atoms with Crippen LogP contribution in [-0.2, 0) is 38.2 Å². The van der Waals surface area contributed by atoms with E-state index in [1.807, 2.05) is 34.6 Å². The molecule has 0 aromatic rings. The van der Waals surface area contributed by atoms with Gasteiger partial charge in [-0.2, -0.15) is 0 Å². The highest BCUT2D eigenvalue weighted by Gasteiger charge is 2.44. The summed E-state index contributed by atoms with van der Waals surface area (Å²) in [7, 11) is 0. The summed E-state index contributed by atoms with van der Waals surface area (Å²) < 4.78 is 9.48. The number of carbonyl (C=O) groups excluding carboxylic acids is 6. The van der Waals surface area contributed by atoms with Crippen molar-refractivity contribution in [1.29, 1.82) is 0 Å². The molecule has 0 aromatic carbocycles. The summed E-state index contributed by atoms with van der Waals surface area (Å²) in [5.41, 5.74) is -0.982. The number of piperazine rings is 1. The molecule has 1 aliphatic rings. The van der Waals surface area contributed by atoms with E-state index in [-0.39, 0.29) is 30.9 Å². The van der Waals surface area contributed by atoms with Crippen molar-refractivity contribution < 1.29 is 38.2 Å². The van der Waals surface area contributed by atoms with Crippen LogP contribution in [0, 0.1) is 16.7 Å². The van der Waals surface area contributed by atoms with E-state index in [0.717, 1.165) is 24.3 Å². The van der Waals surface area contributed by atoms with E-state index in [9.17, 15) is 28.8 Å². The second-order valence-corrected chi connectivity index (χ2v) is 11.5. The summed E-state index contributed by atoms with van der Waals surface area (Å²) in [5, 5.41) is 11.2. The van der Waals surface area contributed by atoms with Gasteiger partial charge in [-0.05, 0) is 49.9 Å². The van der Waals surface area contributed by atoms with Crippen LogP contribution in [0.5, 0.6) is 0 Å². The summed E-state index contributed by atoms with van der Waals surface area (Å²) in [4.78, 5) is 72.6. The molecule has 4 amide bonds. The number of esters is 2. The van der Waals surface area contributed by atoms with Gasteiger partial charge in [-0.3, -0.25) is 19.2 Å². The van der Waals surface area contributed by atoms with Gasteiger partial charge in [0, 0.05) is 37.4 Å². The van der Waals surface area contributed by atoms with Crippen molar-refractivity contribution in [2.75, 3.05) is 26.3 Å². The molecular formula is C29H46N4O8. The fraction of sp³-hybridized carbons (Fsp3) is 0.655. The number of hydrogen-bond donors (Lipinski definition) is 4. The van der Waals surface area contributed by atoms with Crippen LogP contribution in [-0.4, -0.2) is 74.0 Å². The highest BCUT2D eigenvalue weighted by Crippen LogP contribution is 2.31. The van der Waals surface area contributed by atoms with Crippen LogP contribution in [0.1, 0.15) is 67.7 Å². The predicted molar refractivity (Wildman–Crippen MR) is 152 cm³/mol. The minimum absolute atomic E-state index is 0.220. The van der Waals surface area contributed by atoms with Crippen LogP contribution in [0.3, 0.4) is 0 Å². The van der Waals surface area contributed by atoms with Gasteiger partial charge in [-0.1, -0.05) is 34.6 Å². The van der Waals surface area contributed by atoms with Gasteiger partial charge in [0.1, 0.15) is 12.1 Å². The average molecular weight is 579 g/mol. The summed E-state index contributed by atoms with van der Waals surface area (Å²) in [6.07, 6.45) is 5.99. The molecule has 0 radical (unpaired) electrons. The lowest BCUT2D eigenvalue weighted by Gasteiger charge is -2.41. The molecule has 3 atom stereocenters. The lowest BCUT2D eigenvalue weighted by Crippen LogP contribution is -2.67. The summed E-state index contributed by atoms with van der Waals surface area (Å²) in [6.45, 7) is 13.9. The summed E-state index contributed by atoms with van der Waals surface area (Å²) in [5.74, 6) is -2.81. The highest BCUT2D eigenvalue weighted by molar-refractivity contribution is 5.97. The fourth-order valence-electron chi connectivity index (χ4n) is 4.62. The van der Waals surface area contributed by atoms with E-state index >= 15 is 0 Å². The lowest BCUT2D eigenvalue weighted by atomic mass is 9.76. The second kappa shape index (κ2) is 16.5. The quantitative estimate of drug-likeness (QED) is 0.121. The molecule has 12 nitrogen and oxygen atoms in total. The van der Waals surface area contributed by atoms with Crippen LogP contribution < -0.4 is 21.3 Å². The van der Waals surface area contributed by atoms with Crippen molar-refractivity contribution in [3.63, 3.8) is 0 Å². The minimum Gasteiger partial charge on any atom is -0.463 e. The molecule has 3 unspecified atom stereocenters. The monoisotopic (exact) mass is 578 g/mol. The Hall–Kier alpha value is -3.70. The number of carbonyl (C=O) groups is 6. The summed E-state index contributed by atoms with van der Waals surface area (Å²) >= 11 is 0. The third-order valence-electron chi connectivity index (χ3n) is 6.71. The predicted octanol–water partition coefficient (Wildman–Crippen LogP) is 1.30. The van der Waals surface area contributed by atoms with Crippen molar-refractivity contribution in [2.45, 2.75) is 79.8 Å². The average Bonchev–Trinajstić information content (AvgIpc) is 2.88. The van der Waals surface area contributed by atoms with E-state index in [2.05, 4.69) is 21.3 Å². The Kier molecular flexibility index (Phi) is 14.2. The first-order valence-electron chi connectivity index (χ1n) is 14.0. The van der Waals surface area contributed by atoms with E-state index in [1.165, 1.54) is 0 Å². The van der Waals surface area contributed by atoms with Crippen LogP contribution >= 0.6 is 0 Å². The van der Waals surface area contributed by atoms with E-state index in [1.54, 1.807) is 13.8 Å². The number of hydrogen-bond acceptors (Lipinski definition) is 8. The molecule has 1 rings (SSSR count). The molecule has 230 valence electrons. The van der Waals surface area contributed by atoms with Crippen molar-refractivity contribution in [2.24, 2.45) is 16.7 Å². The molecular weight excluding hydrogens is 532 g/mol. The van der Waals surface area contributed by atoms with Crippen LogP contribution in [0.15, 0.2) is 24.3 Å². The maximum Gasteiger partial charge on any atom is 0.330 e. The SMILES string of the molecule is CCOC(=O)/C=C/C(=O)NCCCC(C)(C)C1NC(=O)C(C(C)CC(C)(C)CNC(=O)/C=C/C(=O)OCC)NC1=O. The number of rotatable bonds is 16. The van der Waals surface area contributed by atoms with Crippen LogP contribution in [0.25, 0.3) is 0 Å². The first kappa shape index (κ1) is 35.3. The Morgan fingerprint density at radius 1 is 0.854 bits per heavy atom. The molecule has 0 aromatic heterocycles. The molecule has 0 aliphatic carbocycles. The third kappa shape index (κ3) is 13.0. The third-order valence-corrected chi connectivity index (χ3v) is 6.71. The maximum absolute atomic E-state index is 13.0. The van der Waals surface area contributed by atoms with Gasteiger partial charge < -0.3 is 30.7 Å². The van der Waals surface area contributed by atoms with Gasteiger partial charge in [0.25, 0.3) is 0 Å². The zero-order valence-electron chi connectivity index (χ0n) is 25.3. The van der Waals surface area contributed by atoms with Crippen LogP contribution in [0.2, 0.25) is 0 Å². The molecule has 1 heterocycles. The second-order valence-electron chi connectivity index (χ2n) is 11.5. The van der Waals surface area contributed by atoms with E-state index < -0.39 is 46.7 Å². The van der Waals surface area contributed by atoms with Gasteiger partial charge >= 0.3 is 11.9 Å². The molecule has 0 spiro atoms. The molecule has 1 saturated heterocycles. The number of nitrogens with one attached hydrogen (secondary N) is 4. The fourth-order valence-corrected chi connectivity index (χ4v) is 4.62. The number of amides is 4. The molecule has 41 heavy (non-hydrogen) atoms. The largest absolute Gasteiger partial charge is 0.463 e. The Morgan fingerprint density at radius 2 is 1.39 bits per heavy atom. The van der Waals surface area contributed by atoms with Gasteiger partial charge in [0.2, 0.25) is 23.6 Å². The topological polar surface area (TPSA) is 169 Å². The van der Waals surface area contributed by atoms with E-state index in [0.29, 0.717) is 32.4 Å². The normalized spacial score (nSPS) is 18.4. The van der Waals surface area contributed by atoms with Crippen molar-refractivity contribution in [3.05, 3.63) is 24.3 Å². The zero-order valence-corrected chi connectivity index (χ0v) is 25.3. The van der Waals surface area contributed by atoms with Gasteiger partial charge in [-0.15, -0.1) is 0 Å². The highest BCUT2D eigenvalue weighted by atomic mass is 16.5. The maximum atomic E-state index is 13.0. The molecule has 1 aliphatic heterocycles. The molecule has 12 heteroatoms. The van der Waals surface area contributed by atoms with Gasteiger partial charge in [0.05, 0.1) is 13.2 Å². The molecule has 1 fully saturated rings.